The predicted octanol–water partition coefficient (Wildman–Crippen LogP) is 3.34. The molecule has 1 N–H and O–H groups in total. The van der Waals surface area contributed by atoms with Gasteiger partial charge in [0.15, 0.2) is 0 Å². The summed E-state index contributed by atoms with van der Waals surface area (Å²) in [4.78, 5) is 0. The number of rotatable bonds is 2. The topological polar surface area (TPSA) is 12.0 Å². The van der Waals surface area contributed by atoms with Crippen LogP contribution in [0.1, 0.15) is 37.3 Å². The van der Waals surface area contributed by atoms with Crippen LogP contribution in [0.3, 0.4) is 0 Å². The zero-order valence-corrected chi connectivity index (χ0v) is 10.7. The summed E-state index contributed by atoms with van der Waals surface area (Å²) in [5, 5.41) is 3.54. The minimum Gasteiger partial charge on any atom is -0.316 e. The number of hydrogen-bond acceptors (Lipinski definition) is 1. The van der Waals surface area contributed by atoms with E-state index in [0.29, 0.717) is 5.92 Å². The molecule has 2 unspecified atom stereocenters. The van der Waals surface area contributed by atoms with Crippen molar-refractivity contribution in [2.75, 3.05) is 13.1 Å². The molecule has 2 rings (SSSR count). The molecule has 1 heteroatoms. The van der Waals surface area contributed by atoms with E-state index in [0.717, 1.165) is 18.4 Å². The Bertz CT molecular complexity index is 343. The largest absolute Gasteiger partial charge is 0.316 e. The number of piperidine rings is 1. The van der Waals surface area contributed by atoms with Crippen molar-refractivity contribution in [2.24, 2.45) is 11.8 Å². The molecular weight excluding hydrogens is 194 g/mol. The van der Waals surface area contributed by atoms with Gasteiger partial charge in [-0.3, -0.25) is 0 Å². The van der Waals surface area contributed by atoms with E-state index in [1.54, 1.807) is 0 Å². The Balaban J connectivity index is 2.23. The highest BCUT2D eigenvalue weighted by Crippen LogP contribution is 2.34. The summed E-state index contributed by atoms with van der Waals surface area (Å²) in [7, 11) is 0. The van der Waals surface area contributed by atoms with Gasteiger partial charge >= 0.3 is 0 Å². The SMILES string of the molecule is Cc1cccc(C2CNCCC2C(C)C)c1. The molecule has 1 aromatic carbocycles. The van der Waals surface area contributed by atoms with Crippen LogP contribution in [0.25, 0.3) is 0 Å². The van der Waals surface area contributed by atoms with Crippen LogP contribution in [-0.2, 0) is 0 Å². The van der Waals surface area contributed by atoms with Crippen molar-refractivity contribution in [3.05, 3.63) is 35.4 Å². The van der Waals surface area contributed by atoms with Crippen molar-refractivity contribution in [1.29, 1.82) is 0 Å². The smallest absolute Gasteiger partial charge is 0.00229 e. The molecule has 1 heterocycles. The molecule has 0 amide bonds. The minimum atomic E-state index is 0.702. The molecule has 0 bridgehead atoms. The average Bonchev–Trinajstić information content (AvgIpc) is 2.29. The molecule has 2 atom stereocenters. The van der Waals surface area contributed by atoms with Crippen LogP contribution in [0.5, 0.6) is 0 Å². The van der Waals surface area contributed by atoms with E-state index in [4.69, 9.17) is 0 Å². The summed E-state index contributed by atoms with van der Waals surface area (Å²) in [6, 6.07) is 9.02. The molecule has 0 spiro atoms. The second-order valence-corrected chi connectivity index (χ2v) is 5.42. The van der Waals surface area contributed by atoms with Crippen LogP contribution < -0.4 is 5.32 Å². The van der Waals surface area contributed by atoms with E-state index in [9.17, 15) is 0 Å². The lowest BCUT2D eigenvalue weighted by Crippen LogP contribution is -2.37. The van der Waals surface area contributed by atoms with Gasteiger partial charge in [0.25, 0.3) is 0 Å². The van der Waals surface area contributed by atoms with Gasteiger partial charge < -0.3 is 5.32 Å². The molecule has 88 valence electrons. The molecular formula is C15H23N. The van der Waals surface area contributed by atoms with Gasteiger partial charge in [0.2, 0.25) is 0 Å². The van der Waals surface area contributed by atoms with Crippen LogP contribution >= 0.6 is 0 Å². The number of benzene rings is 1. The normalized spacial score (nSPS) is 26.0. The van der Waals surface area contributed by atoms with Crippen LogP contribution in [0.2, 0.25) is 0 Å². The lowest BCUT2D eigenvalue weighted by molar-refractivity contribution is 0.251. The maximum absolute atomic E-state index is 3.54. The fourth-order valence-corrected chi connectivity index (χ4v) is 2.94. The molecule has 1 saturated heterocycles. The molecule has 1 nitrogen and oxygen atoms in total. The molecule has 0 saturated carbocycles. The van der Waals surface area contributed by atoms with Gasteiger partial charge in [-0.15, -0.1) is 0 Å². The Morgan fingerprint density at radius 1 is 1.31 bits per heavy atom. The molecule has 16 heavy (non-hydrogen) atoms. The van der Waals surface area contributed by atoms with E-state index in [1.165, 1.54) is 24.1 Å². The van der Waals surface area contributed by atoms with Crippen molar-refractivity contribution < 1.29 is 0 Å². The summed E-state index contributed by atoms with van der Waals surface area (Å²) >= 11 is 0. The summed E-state index contributed by atoms with van der Waals surface area (Å²) in [5.41, 5.74) is 2.90. The number of nitrogens with one attached hydrogen (secondary N) is 1. The summed E-state index contributed by atoms with van der Waals surface area (Å²) in [5.74, 6) is 2.32. The first-order valence-electron chi connectivity index (χ1n) is 6.46. The predicted molar refractivity (Wildman–Crippen MR) is 69.7 cm³/mol. The molecule has 0 aromatic heterocycles. The van der Waals surface area contributed by atoms with Crippen molar-refractivity contribution >= 4 is 0 Å². The van der Waals surface area contributed by atoms with Crippen LogP contribution in [0, 0.1) is 18.8 Å². The third-order valence-electron chi connectivity index (χ3n) is 3.86. The molecule has 1 aliphatic heterocycles. The van der Waals surface area contributed by atoms with Crippen LogP contribution in [0.15, 0.2) is 24.3 Å². The van der Waals surface area contributed by atoms with Crippen molar-refractivity contribution in [3.8, 4) is 0 Å². The van der Waals surface area contributed by atoms with E-state index < -0.39 is 0 Å². The zero-order chi connectivity index (χ0) is 11.5. The molecule has 1 fully saturated rings. The van der Waals surface area contributed by atoms with E-state index in [-0.39, 0.29) is 0 Å². The zero-order valence-electron chi connectivity index (χ0n) is 10.7. The van der Waals surface area contributed by atoms with Crippen molar-refractivity contribution in [3.63, 3.8) is 0 Å². The average molecular weight is 217 g/mol. The lowest BCUT2D eigenvalue weighted by Gasteiger charge is -2.35. The van der Waals surface area contributed by atoms with Crippen molar-refractivity contribution in [1.82, 2.24) is 5.32 Å². The Labute approximate surface area is 99.3 Å². The fraction of sp³-hybridized carbons (Fsp3) is 0.600. The monoisotopic (exact) mass is 217 g/mol. The molecule has 1 aliphatic rings. The maximum atomic E-state index is 3.54. The third kappa shape index (κ3) is 2.46. The third-order valence-corrected chi connectivity index (χ3v) is 3.86. The summed E-state index contributed by atoms with van der Waals surface area (Å²) < 4.78 is 0. The van der Waals surface area contributed by atoms with Crippen LogP contribution in [0.4, 0.5) is 0 Å². The lowest BCUT2D eigenvalue weighted by atomic mass is 9.75. The van der Waals surface area contributed by atoms with Gasteiger partial charge in [-0.1, -0.05) is 43.7 Å². The Morgan fingerprint density at radius 3 is 2.81 bits per heavy atom. The summed E-state index contributed by atoms with van der Waals surface area (Å²) in [6.45, 7) is 9.24. The van der Waals surface area contributed by atoms with E-state index in [2.05, 4.69) is 50.4 Å². The first-order valence-corrected chi connectivity index (χ1v) is 6.46. The first-order chi connectivity index (χ1) is 7.68. The maximum Gasteiger partial charge on any atom is 0.00229 e. The quantitative estimate of drug-likeness (QED) is 0.801. The van der Waals surface area contributed by atoms with Gasteiger partial charge in [-0.25, -0.2) is 0 Å². The van der Waals surface area contributed by atoms with Gasteiger partial charge in [-0.2, -0.15) is 0 Å². The fourth-order valence-electron chi connectivity index (χ4n) is 2.94. The highest BCUT2D eigenvalue weighted by atomic mass is 14.9. The van der Waals surface area contributed by atoms with E-state index in [1.807, 2.05) is 0 Å². The highest BCUT2D eigenvalue weighted by Gasteiger charge is 2.28. The highest BCUT2D eigenvalue weighted by molar-refractivity contribution is 5.27. The Hall–Kier alpha value is -0.820. The minimum absolute atomic E-state index is 0.702. The standard InChI is InChI=1S/C15H23N/c1-11(2)14-7-8-16-10-15(14)13-6-4-5-12(3)9-13/h4-6,9,11,14-16H,7-8,10H2,1-3H3. The van der Waals surface area contributed by atoms with E-state index >= 15 is 0 Å². The van der Waals surface area contributed by atoms with Crippen molar-refractivity contribution in [2.45, 2.75) is 33.1 Å². The van der Waals surface area contributed by atoms with Crippen LogP contribution in [-0.4, -0.2) is 13.1 Å². The Kier molecular flexibility index (Phi) is 3.65. The number of aryl methyl sites for hydroxylation is 1. The first kappa shape index (κ1) is 11.7. The second-order valence-electron chi connectivity index (χ2n) is 5.42. The molecule has 1 aromatic rings. The summed E-state index contributed by atoms with van der Waals surface area (Å²) in [6.07, 6.45) is 1.32. The van der Waals surface area contributed by atoms with Gasteiger partial charge in [0.05, 0.1) is 0 Å². The van der Waals surface area contributed by atoms with Gasteiger partial charge in [-0.05, 0) is 43.2 Å². The number of hydrogen-bond donors (Lipinski definition) is 1. The molecule has 0 aliphatic carbocycles. The van der Waals surface area contributed by atoms with Gasteiger partial charge in [0.1, 0.15) is 0 Å². The van der Waals surface area contributed by atoms with Gasteiger partial charge in [0, 0.05) is 6.54 Å². The Morgan fingerprint density at radius 2 is 2.12 bits per heavy atom. The molecule has 0 radical (unpaired) electrons. The second kappa shape index (κ2) is 5.01.